The van der Waals surface area contributed by atoms with E-state index in [1.54, 1.807) is 18.2 Å². The highest BCUT2D eigenvalue weighted by Crippen LogP contribution is 2.36. The number of morpholine rings is 1. The summed E-state index contributed by atoms with van der Waals surface area (Å²) in [5, 5.41) is 3.05. The monoisotopic (exact) mass is 467 g/mol. The van der Waals surface area contributed by atoms with E-state index in [1.807, 2.05) is 0 Å². The topological polar surface area (TPSA) is 96.0 Å². The molecule has 1 saturated heterocycles. The number of amides is 2. The quantitative estimate of drug-likeness (QED) is 0.712. The maximum absolute atomic E-state index is 13.1. The Labute approximate surface area is 187 Å². The number of rotatable bonds is 5. The molecule has 3 aliphatic rings. The average molecular weight is 468 g/mol. The summed E-state index contributed by atoms with van der Waals surface area (Å²) in [5.74, 6) is 0.243. The lowest BCUT2D eigenvalue weighted by Gasteiger charge is -2.28. The van der Waals surface area contributed by atoms with E-state index in [1.165, 1.54) is 27.4 Å². The number of ether oxygens (including phenoxy) is 1. The molecule has 0 atom stereocenters. The van der Waals surface area contributed by atoms with Gasteiger partial charge < -0.3 is 15.0 Å². The molecule has 1 aliphatic carbocycles. The van der Waals surface area contributed by atoms with E-state index in [4.69, 9.17) is 4.74 Å². The Bertz CT molecular complexity index is 925. The predicted molar refractivity (Wildman–Crippen MR) is 119 cm³/mol. The van der Waals surface area contributed by atoms with Crippen LogP contribution in [-0.4, -0.2) is 69.2 Å². The van der Waals surface area contributed by atoms with E-state index in [2.05, 4.69) is 5.32 Å². The number of carbonyl (C=O) groups excluding carboxylic acids is 2. The summed E-state index contributed by atoms with van der Waals surface area (Å²) in [7, 11) is -3.69. The minimum atomic E-state index is -3.69. The summed E-state index contributed by atoms with van der Waals surface area (Å²) in [5.41, 5.74) is 0.501. The number of benzene rings is 1. The van der Waals surface area contributed by atoms with Crippen molar-refractivity contribution in [3.8, 4) is 0 Å². The Morgan fingerprint density at radius 3 is 2.65 bits per heavy atom. The van der Waals surface area contributed by atoms with Gasteiger partial charge in [-0.3, -0.25) is 9.59 Å². The number of nitrogens with one attached hydrogen (secondary N) is 1. The second-order valence-electron chi connectivity index (χ2n) is 8.13. The van der Waals surface area contributed by atoms with Gasteiger partial charge in [-0.05, 0) is 31.0 Å². The highest BCUT2D eigenvalue weighted by molar-refractivity contribution is 7.99. The van der Waals surface area contributed by atoms with Crippen molar-refractivity contribution in [3.05, 3.63) is 18.2 Å². The van der Waals surface area contributed by atoms with Crippen molar-refractivity contribution >= 4 is 39.3 Å². The molecule has 170 valence electrons. The Morgan fingerprint density at radius 1 is 1.16 bits per heavy atom. The molecule has 0 aromatic heterocycles. The van der Waals surface area contributed by atoms with Crippen LogP contribution in [0.25, 0.3) is 0 Å². The SMILES string of the molecule is O=C(CN1C(=O)CCSc2ccc(S(=O)(=O)N3CCOCC3)cc21)NC1CCCCC1. The molecule has 1 N–H and O–H groups in total. The zero-order valence-electron chi connectivity index (χ0n) is 17.5. The molecule has 31 heavy (non-hydrogen) atoms. The van der Waals surface area contributed by atoms with Crippen LogP contribution in [0, 0.1) is 0 Å². The number of sulfonamides is 1. The van der Waals surface area contributed by atoms with Gasteiger partial charge in [0.15, 0.2) is 0 Å². The molecular formula is C21H29N3O5S2. The molecule has 2 heterocycles. The number of carbonyl (C=O) groups is 2. The van der Waals surface area contributed by atoms with Gasteiger partial charge in [-0.2, -0.15) is 4.31 Å². The van der Waals surface area contributed by atoms with E-state index in [9.17, 15) is 18.0 Å². The van der Waals surface area contributed by atoms with Gasteiger partial charge in [0.2, 0.25) is 21.8 Å². The summed E-state index contributed by atoms with van der Waals surface area (Å²) >= 11 is 1.51. The third-order valence-corrected chi connectivity index (χ3v) is 8.93. The molecule has 1 aromatic carbocycles. The first-order chi connectivity index (χ1) is 14.9. The van der Waals surface area contributed by atoms with Gasteiger partial charge >= 0.3 is 0 Å². The summed E-state index contributed by atoms with van der Waals surface area (Å²) in [6.45, 7) is 1.25. The van der Waals surface area contributed by atoms with E-state index >= 15 is 0 Å². The second kappa shape index (κ2) is 9.89. The average Bonchev–Trinajstić information content (AvgIpc) is 2.93. The lowest BCUT2D eigenvalue weighted by Crippen LogP contribution is -2.45. The largest absolute Gasteiger partial charge is 0.379 e. The summed E-state index contributed by atoms with van der Waals surface area (Å²) < 4.78 is 32.9. The summed E-state index contributed by atoms with van der Waals surface area (Å²) in [6.07, 6.45) is 5.65. The van der Waals surface area contributed by atoms with Crippen molar-refractivity contribution in [1.29, 1.82) is 0 Å². The molecule has 2 aliphatic heterocycles. The molecular weight excluding hydrogens is 438 g/mol. The molecule has 1 saturated carbocycles. The lowest BCUT2D eigenvalue weighted by atomic mass is 9.95. The van der Waals surface area contributed by atoms with Gasteiger partial charge in [0.1, 0.15) is 6.54 Å². The van der Waals surface area contributed by atoms with Gasteiger partial charge in [0.05, 0.1) is 23.8 Å². The van der Waals surface area contributed by atoms with Crippen LogP contribution in [0.4, 0.5) is 5.69 Å². The van der Waals surface area contributed by atoms with Gasteiger partial charge in [0.25, 0.3) is 0 Å². The van der Waals surface area contributed by atoms with Gasteiger partial charge in [-0.1, -0.05) is 19.3 Å². The third kappa shape index (κ3) is 5.24. The van der Waals surface area contributed by atoms with Crippen LogP contribution in [0.15, 0.2) is 28.0 Å². The van der Waals surface area contributed by atoms with Crippen molar-refractivity contribution in [1.82, 2.24) is 9.62 Å². The fourth-order valence-electron chi connectivity index (χ4n) is 4.28. The Morgan fingerprint density at radius 2 is 1.90 bits per heavy atom. The van der Waals surface area contributed by atoms with E-state index < -0.39 is 10.0 Å². The van der Waals surface area contributed by atoms with Crippen LogP contribution in [-0.2, 0) is 24.3 Å². The van der Waals surface area contributed by atoms with E-state index in [0.29, 0.717) is 44.2 Å². The molecule has 4 rings (SSSR count). The van der Waals surface area contributed by atoms with Crippen molar-refractivity contribution in [2.24, 2.45) is 0 Å². The smallest absolute Gasteiger partial charge is 0.243 e. The maximum Gasteiger partial charge on any atom is 0.243 e. The Kier molecular flexibility index (Phi) is 7.20. The first-order valence-electron chi connectivity index (χ1n) is 10.9. The Balaban J connectivity index is 1.58. The fourth-order valence-corrected chi connectivity index (χ4v) is 6.69. The summed E-state index contributed by atoms with van der Waals surface area (Å²) in [4.78, 5) is 28.0. The maximum atomic E-state index is 13.1. The number of thioether (sulfide) groups is 1. The normalized spacial score (nSPS) is 21.4. The molecule has 0 unspecified atom stereocenters. The highest BCUT2D eigenvalue weighted by Gasteiger charge is 2.30. The predicted octanol–water partition coefficient (Wildman–Crippen LogP) is 1.99. The molecule has 10 heteroatoms. The van der Waals surface area contributed by atoms with Gasteiger partial charge in [-0.25, -0.2) is 8.42 Å². The summed E-state index contributed by atoms with van der Waals surface area (Å²) in [6, 6.07) is 5.04. The number of fused-ring (bicyclic) bond motifs is 1. The second-order valence-corrected chi connectivity index (χ2v) is 11.2. The molecule has 0 bridgehead atoms. The van der Waals surface area contributed by atoms with Gasteiger partial charge in [-0.15, -0.1) is 11.8 Å². The number of anilines is 1. The molecule has 0 radical (unpaired) electrons. The fraction of sp³-hybridized carbons (Fsp3) is 0.619. The van der Waals surface area contributed by atoms with Crippen molar-refractivity contribution in [3.63, 3.8) is 0 Å². The number of hydrogen-bond donors (Lipinski definition) is 1. The van der Waals surface area contributed by atoms with Crippen LogP contribution in [0.1, 0.15) is 38.5 Å². The van der Waals surface area contributed by atoms with Crippen LogP contribution < -0.4 is 10.2 Å². The van der Waals surface area contributed by atoms with Crippen LogP contribution in [0.3, 0.4) is 0 Å². The Hall–Kier alpha value is -1.62. The van der Waals surface area contributed by atoms with Crippen LogP contribution in [0.2, 0.25) is 0 Å². The molecule has 0 spiro atoms. The van der Waals surface area contributed by atoms with Crippen LogP contribution >= 0.6 is 11.8 Å². The molecule has 2 amide bonds. The van der Waals surface area contributed by atoms with E-state index in [-0.39, 0.29) is 29.3 Å². The van der Waals surface area contributed by atoms with Crippen LogP contribution in [0.5, 0.6) is 0 Å². The first kappa shape index (κ1) is 22.6. The standard InChI is InChI=1S/C21H29N3O5S2/c25-20(22-16-4-2-1-3-5-16)15-24-18-14-17(6-7-19(18)30-13-8-21(24)26)31(27,28)23-9-11-29-12-10-23/h6-7,14,16H,1-5,8-13,15H2,(H,22,25). The first-order valence-corrected chi connectivity index (χ1v) is 13.3. The lowest BCUT2D eigenvalue weighted by molar-refractivity contribution is -0.124. The zero-order chi connectivity index (χ0) is 21.8. The molecule has 8 nitrogen and oxygen atoms in total. The van der Waals surface area contributed by atoms with E-state index in [0.717, 1.165) is 30.6 Å². The van der Waals surface area contributed by atoms with Crippen molar-refractivity contribution < 1.29 is 22.7 Å². The minimum Gasteiger partial charge on any atom is -0.379 e. The van der Waals surface area contributed by atoms with Crippen molar-refractivity contribution in [2.45, 2.75) is 54.4 Å². The third-order valence-electron chi connectivity index (χ3n) is 5.98. The number of hydrogen-bond acceptors (Lipinski definition) is 6. The van der Waals surface area contributed by atoms with Crippen molar-refractivity contribution in [2.75, 3.05) is 43.5 Å². The molecule has 1 aromatic rings. The minimum absolute atomic E-state index is 0.0933. The molecule has 2 fully saturated rings. The highest BCUT2D eigenvalue weighted by atomic mass is 32.2. The van der Waals surface area contributed by atoms with Gasteiger partial charge in [0, 0.05) is 36.2 Å². The zero-order valence-corrected chi connectivity index (χ0v) is 19.2. The number of nitrogens with zero attached hydrogens (tertiary/aromatic N) is 2.